The quantitative estimate of drug-likeness (QED) is 0.862. The van der Waals surface area contributed by atoms with Gasteiger partial charge in [0.1, 0.15) is 5.60 Å². The molecule has 0 unspecified atom stereocenters. The number of aliphatic hydroxyl groups is 1. The number of thiophene rings is 1. The summed E-state index contributed by atoms with van der Waals surface area (Å²) in [4.78, 5) is 15.9. The molecule has 1 N–H and O–H groups in total. The fourth-order valence-electron chi connectivity index (χ4n) is 2.19. The van der Waals surface area contributed by atoms with E-state index in [2.05, 4.69) is 0 Å². The second kappa shape index (κ2) is 5.13. The molecule has 1 aliphatic heterocycles. The Labute approximate surface area is 118 Å². The number of carbonyl (C=O) groups is 1. The predicted molar refractivity (Wildman–Crippen MR) is 75.6 cm³/mol. The van der Waals surface area contributed by atoms with Crippen molar-refractivity contribution in [3.8, 4) is 0 Å². The van der Waals surface area contributed by atoms with Gasteiger partial charge in [0.2, 0.25) is 0 Å². The summed E-state index contributed by atoms with van der Waals surface area (Å²) < 4.78 is 5.34. The van der Waals surface area contributed by atoms with Crippen molar-refractivity contribution in [3.63, 3.8) is 0 Å². The molecule has 4 nitrogen and oxygen atoms in total. The van der Waals surface area contributed by atoms with E-state index >= 15 is 0 Å². The first-order valence-electron chi connectivity index (χ1n) is 6.48. The number of hydrogen-bond acceptors (Lipinski definition) is 4. The Balaban J connectivity index is 2.03. The zero-order valence-electron chi connectivity index (χ0n) is 11.8. The van der Waals surface area contributed by atoms with E-state index in [9.17, 15) is 9.90 Å². The van der Waals surface area contributed by atoms with Crippen molar-refractivity contribution >= 4 is 17.4 Å². The van der Waals surface area contributed by atoms with Gasteiger partial charge in [-0.15, -0.1) is 11.3 Å². The SMILES string of the molecule is Cc1ccc([C@@H]2CN(C(=O)OC(C)(C)C)C[C@H]2O)s1. The Morgan fingerprint density at radius 3 is 2.63 bits per heavy atom. The van der Waals surface area contributed by atoms with Crippen LogP contribution in [0.5, 0.6) is 0 Å². The van der Waals surface area contributed by atoms with Crippen LogP contribution in [0.15, 0.2) is 12.1 Å². The highest BCUT2D eigenvalue weighted by molar-refractivity contribution is 7.12. The molecule has 1 amide bonds. The Kier molecular flexibility index (Phi) is 3.87. The van der Waals surface area contributed by atoms with Crippen LogP contribution in [0.2, 0.25) is 0 Å². The van der Waals surface area contributed by atoms with Gasteiger partial charge in [-0.2, -0.15) is 0 Å². The van der Waals surface area contributed by atoms with Crippen LogP contribution in [0.25, 0.3) is 0 Å². The zero-order valence-corrected chi connectivity index (χ0v) is 12.7. The van der Waals surface area contributed by atoms with Gasteiger partial charge in [-0.3, -0.25) is 0 Å². The maximum atomic E-state index is 12.0. The Bertz CT molecular complexity index is 464. The number of hydrogen-bond donors (Lipinski definition) is 1. The molecule has 1 aliphatic rings. The van der Waals surface area contributed by atoms with Crippen LogP contribution in [0, 0.1) is 6.92 Å². The summed E-state index contributed by atoms with van der Waals surface area (Å²) in [5.74, 6) is 0.00576. The Morgan fingerprint density at radius 2 is 2.11 bits per heavy atom. The number of likely N-dealkylation sites (tertiary alicyclic amines) is 1. The molecule has 2 rings (SSSR count). The van der Waals surface area contributed by atoms with Crippen LogP contribution in [0.4, 0.5) is 4.79 Å². The molecule has 0 aliphatic carbocycles. The molecular weight excluding hydrogens is 262 g/mol. The zero-order chi connectivity index (χ0) is 14.2. The van der Waals surface area contributed by atoms with Crippen molar-refractivity contribution in [3.05, 3.63) is 21.9 Å². The lowest BCUT2D eigenvalue weighted by Crippen LogP contribution is -2.35. The number of aliphatic hydroxyl groups excluding tert-OH is 1. The largest absolute Gasteiger partial charge is 0.444 e. The van der Waals surface area contributed by atoms with Gasteiger partial charge in [-0.1, -0.05) is 0 Å². The van der Waals surface area contributed by atoms with E-state index < -0.39 is 11.7 Å². The Morgan fingerprint density at radius 1 is 1.42 bits per heavy atom. The van der Waals surface area contributed by atoms with E-state index in [1.807, 2.05) is 39.8 Å². The summed E-state index contributed by atoms with van der Waals surface area (Å²) in [6.45, 7) is 8.44. The number of β-amino-alcohol motifs (C(OH)–C–C–N with tert-alkyl or cyclic N) is 1. The molecule has 0 radical (unpaired) electrons. The van der Waals surface area contributed by atoms with Crippen LogP contribution in [0.3, 0.4) is 0 Å². The van der Waals surface area contributed by atoms with Gasteiger partial charge in [0.15, 0.2) is 0 Å². The molecule has 19 heavy (non-hydrogen) atoms. The van der Waals surface area contributed by atoms with Crippen LogP contribution in [-0.4, -0.2) is 40.9 Å². The third-order valence-corrected chi connectivity index (χ3v) is 4.20. The van der Waals surface area contributed by atoms with Gasteiger partial charge in [0.25, 0.3) is 0 Å². The minimum atomic E-state index is -0.509. The molecule has 0 spiro atoms. The third kappa shape index (κ3) is 3.48. The van der Waals surface area contributed by atoms with E-state index in [1.54, 1.807) is 16.2 Å². The molecule has 5 heteroatoms. The minimum Gasteiger partial charge on any atom is -0.444 e. The van der Waals surface area contributed by atoms with Gasteiger partial charge in [-0.05, 0) is 39.8 Å². The van der Waals surface area contributed by atoms with Crippen LogP contribution in [0.1, 0.15) is 36.4 Å². The number of nitrogens with zero attached hydrogens (tertiary/aromatic N) is 1. The van der Waals surface area contributed by atoms with Crippen molar-refractivity contribution in [1.82, 2.24) is 4.90 Å². The molecule has 0 saturated carbocycles. The second-order valence-electron chi connectivity index (χ2n) is 6.01. The fraction of sp³-hybridized carbons (Fsp3) is 0.643. The number of aryl methyl sites for hydroxylation is 1. The van der Waals surface area contributed by atoms with Gasteiger partial charge < -0.3 is 14.7 Å². The van der Waals surface area contributed by atoms with Crippen molar-refractivity contribution in [2.75, 3.05) is 13.1 Å². The van der Waals surface area contributed by atoms with E-state index in [-0.39, 0.29) is 12.0 Å². The third-order valence-electron chi connectivity index (χ3n) is 3.07. The first-order valence-corrected chi connectivity index (χ1v) is 7.30. The number of carbonyl (C=O) groups excluding carboxylic acids is 1. The van der Waals surface area contributed by atoms with Crippen molar-refractivity contribution in [2.24, 2.45) is 0 Å². The highest BCUT2D eigenvalue weighted by atomic mass is 32.1. The molecular formula is C14H21NO3S. The van der Waals surface area contributed by atoms with Crippen molar-refractivity contribution in [2.45, 2.75) is 45.3 Å². The molecule has 2 atom stereocenters. The lowest BCUT2D eigenvalue weighted by molar-refractivity contribution is 0.0270. The maximum absolute atomic E-state index is 12.0. The van der Waals surface area contributed by atoms with E-state index in [4.69, 9.17) is 4.74 Å². The summed E-state index contributed by atoms with van der Waals surface area (Å²) in [6.07, 6.45) is -0.854. The first kappa shape index (κ1) is 14.3. The summed E-state index contributed by atoms with van der Waals surface area (Å²) in [7, 11) is 0. The summed E-state index contributed by atoms with van der Waals surface area (Å²) in [6, 6.07) is 4.08. The smallest absolute Gasteiger partial charge is 0.410 e. The summed E-state index contributed by atoms with van der Waals surface area (Å²) in [5, 5.41) is 10.1. The summed E-state index contributed by atoms with van der Waals surface area (Å²) in [5.41, 5.74) is -0.500. The average Bonchev–Trinajstić information content (AvgIpc) is 2.82. The highest BCUT2D eigenvalue weighted by Gasteiger charge is 2.37. The Hall–Kier alpha value is -1.07. The topological polar surface area (TPSA) is 49.8 Å². The van der Waals surface area contributed by atoms with Gasteiger partial charge in [-0.25, -0.2) is 4.79 Å². The van der Waals surface area contributed by atoms with E-state index in [0.717, 1.165) is 4.88 Å². The molecule has 106 valence electrons. The van der Waals surface area contributed by atoms with Gasteiger partial charge >= 0.3 is 6.09 Å². The molecule has 1 fully saturated rings. The molecule has 1 aromatic rings. The van der Waals surface area contributed by atoms with Crippen LogP contribution < -0.4 is 0 Å². The van der Waals surface area contributed by atoms with Crippen molar-refractivity contribution in [1.29, 1.82) is 0 Å². The molecule has 1 saturated heterocycles. The number of amides is 1. The van der Waals surface area contributed by atoms with Crippen molar-refractivity contribution < 1.29 is 14.6 Å². The minimum absolute atomic E-state index is 0.00576. The van der Waals surface area contributed by atoms with Crippen LogP contribution in [-0.2, 0) is 4.74 Å². The van der Waals surface area contributed by atoms with Crippen LogP contribution >= 0.6 is 11.3 Å². The predicted octanol–water partition coefficient (Wildman–Crippen LogP) is 2.75. The molecule has 0 bridgehead atoms. The lowest BCUT2D eigenvalue weighted by Gasteiger charge is -2.24. The number of ether oxygens (including phenoxy) is 1. The van der Waals surface area contributed by atoms with Gasteiger partial charge in [0.05, 0.1) is 12.6 Å². The van der Waals surface area contributed by atoms with E-state index in [1.165, 1.54) is 4.88 Å². The highest BCUT2D eigenvalue weighted by Crippen LogP contribution is 2.32. The summed E-state index contributed by atoms with van der Waals surface area (Å²) >= 11 is 1.68. The van der Waals surface area contributed by atoms with E-state index in [0.29, 0.717) is 13.1 Å². The number of rotatable bonds is 1. The standard InChI is InChI=1S/C14H21NO3S/c1-9-5-6-12(19-9)10-7-15(8-11(10)16)13(17)18-14(2,3)4/h5-6,10-11,16H,7-8H2,1-4H3/t10-,11-/m1/s1. The maximum Gasteiger partial charge on any atom is 0.410 e. The lowest BCUT2D eigenvalue weighted by atomic mass is 10.1. The second-order valence-corrected chi connectivity index (χ2v) is 7.33. The molecule has 1 aromatic heterocycles. The fourth-order valence-corrected chi connectivity index (χ4v) is 3.22. The molecule has 2 heterocycles. The first-order chi connectivity index (χ1) is 8.76. The molecule has 0 aromatic carbocycles. The van der Waals surface area contributed by atoms with Gasteiger partial charge in [0, 0.05) is 22.2 Å². The average molecular weight is 283 g/mol. The monoisotopic (exact) mass is 283 g/mol. The normalized spacial score (nSPS) is 23.7.